The summed E-state index contributed by atoms with van der Waals surface area (Å²) in [6.07, 6.45) is 6.75. The van der Waals surface area contributed by atoms with E-state index < -0.39 is 0 Å². The summed E-state index contributed by atoms with van der Waals surface area (Å²) in [7, 11) is 4.01. The third-order valence-electron chi connectivity index (χ3n) is 4.66. The van der Waals surface area contributed by atoms with Gasteiger partial charge in [-0.25, -0.2) is 5.43 Å². The van der Waals surface area contributed by atoms with Gasteiger partial charge >= 0.3 is 0 Å². The Hall–Kier alpha value is -2.62. The molecule has 1 aliphatic rings. The van der Waals surface area contributed by atoms with Gasteiger partial charge in [0.05, 0.1) is 12.6 Å². The van der Waals surface area contributed by atoms with Crippen molar-refractivity contribution in [2.45, 2.75) is 32.1 Å². The standard InChI is InChI=1S/C21H25N3O/c1-24(2)19-12-10-16(11-13-19)15-22-23-21(25)14-18-8-5-7-17-6-3-4-9-20(17)18/h5,7-8,10-13,15H,3-4,6,9,14H2,1-2H3,(H,23,25)/b22-15+. The van der Waals surface area contributed by atoms with E-state index >= 15 is 0 Å². The van der Waals surface area contributed by atoms with Crippen molar-refractivity contribution in [3.63, 3.8) is 0 Å². The fourth-order valence-corrected chi connectivity index (χ4v) is 3.28. The highest BCUT2D eigenvalue weighted by Gasteiger charge is 2.14. The molecule has 0 bridgehead atoms. The van der Waals surface area contributed by atoms with Crippen molar-refractivity contribution in [2.75, 3.05) is 19.0 Å². The van der Waals surface area contributed by atoms with E-state index in [-0.39, 0.29) is 5.91 Å². The lowest BCUT2D eigenvalue weighted by atomic mass is 9.87. The molecule has 3 rings (SSSR count). The summed E-state index contributed by atoms with van der Waals surface area (Å²) in [5.41, 5.74) is 8.65. The van der Waals surface area contributed by atoms with E-state index in [0.717, 1.165) is 29.7 Å². The summed E-state index contributed by atoms with van der Waals surface area (Å²) >= 11 is 0. The molecule has 0 aliphatic heterocycles. The molecule has 0 unspecified atom stereocenters. The molecule has 1 aliphatic carbocycles. The number of carbonyl (C=O) groups excluding carboxylic acids is 1. The summed E-state index contributed by atoms with van der Waals surface area (Å²) in [6, 6.07) is 14.3. The predicted molar refractivity (Wildman–Crippen MR) is 103 cm³/mol. The normalized spacial score (nSPS) is 13.5. The summed E-state index contributed by atoms with van der Waals surface area (Å²) < 4.78 is 0. The quantitative estimate of drug-likeness (QED) is 0.673. The van der Waals surface area contributed by atoms with Crippen LogP contribution in [0.1, 0.15) is 35.1 Å². The lowest BCUT2D eigenvalue weighted by Gasteiger charge is -2.18. The second-order valence-electron chi connectivity index (χ2n) is 6.72. The number of amides is 1. The van der Waals surface area contributed by atoms with Crippen molar-refractivity contribution in [1.29, 1.82) is 0 Å². The van der Waals surface area contributed by atoms with Crippen molar-refractivity contribution in [1.82, 2.24) is 5.43 Å². The van der Waals surface area contributed by atoms with Crippen LogP contribution in [0.25, 0.3) is 0 Å². The number of hydrazone groups is 1. The molecular weight excluding hydrogens is 310 g/mol. The van der Waals surface area contributed by atoms with Gasteiger partial charge in [-0.05, 0) is 60.1 Å². The van der Waals surface area contributed by atoms with Gasteiger partial charge in [-0.2, -0.15) is 5.10 Å². The average Bonchev–Trinajstić information content (AvgIpc) is 2.62. The zero-order valence-corrected chi connectivity index (χ0v) is 15.0. The Morgan fingerprint density at radius 3 is 2.64 bits per heavy atom. The Balaban J connectivity index is 1.58. The van der Waals surface area contributed by atoms with E-state index in [1.54, 1.807) is 6.21 Å². The molecule has 0 saturated heterocycles. The fourth-order valence-electron chi connectivity index (χ4n) is 3.28. The van der Waals surface area contributed by atoms with E-state index in [2.05, 4.69) is 28.7 Å². The third-order valence-corrected chi connectivity index (χ3v) is 4.66. The maximum atomic E-state index is 12.2. The topological polar surface area (TPSA) is 44.7 Å². The number of carbonyl (C=O) groups is 1. The Morgan fingerprint density at radius 1 is 1.12 bits per heavy atom. The number of anilines is 1. The zero-order chi connectivity index (χ0) is 17.6. The molecule has 25 heavy (non-hydrogen) atoms. The molecule has 2 aromatic carbocycles. The van der Waals surface area contributed by atoms with E-state index in [1.807, 2.05) is 43.3 Å². The van der Waals surface area contributed by atoms with Gasteiger partial charge in [0, 0.05) is 19.8 Å². The van der Waals surface area contributed by atoms with Crippen LogP contribution in [0.15, 0.2) is 47.6 Å². The number of rotatable bonds is 5. The number of aryl methyl sites for hydroxylation is 1. The van der Waals surface area contributed by atoms with Crippen LogP contribution in [-0.4, -0.2) is 26.2 Å². The Bertz CT molecular complexity index is 763. The van der Waals surface area contributed by atoms with Gasteiger partial charge in [-0.15, -0.1) is 0 Å². The Labute approximate surface area is 149 Å². The minimum atomic E-state index is -0.0693. The van der Waals surface area contributed by atoms with Gasteiger partial charge in [0.15, 0.2) is 0 Å². The molecule has 0 saturated carbocycles. The highest BCUT2D eigenvalue weighted by Crippen LogP contribution is 2.24. The molecule has 130 valence electrons. The van der Waals surface area contributed by atoms with Crippen LogP contribution < -0.4 is 10.3 Å². The number of benzene rings is 2. The van der Waals surface area contributed by atoms with E-state index in [9.17, 15) is 4.79 Å². The van der Waals surface area contributed by atoms with Gasteiger partial charge < -0.3 is 4.90 Å². The molecule has 2 aromatic rings. The molecule has 0 aromatic heterocycles. The molecule has 0 spiro atoms. The van der Waals surface area contributed by atoms with Gasteiger partial charge in [0.2, 0.25) is 5.91 Å². The van der Waals surface area contributed by atoms with E-state index in [0.29, 0.717) is 6.42 Å². The van der Waals surface area contributed by atoms with Crippen LogP contribution >= 0.6 is 0 Å². The van der Waals surface area contributed by atoms with Crippen LogP contribution in [0.3, 0.4) is 0 Å². The molecule has 4 nitrogen and oxygen atoms in total. The highest BCUT2D eigenvalue weighted by atomic mass is 16.2. The second-order valence-corrected chi connectivity index (χ2v) is 6.72. The smallest absolute Gasteiger partial charge is 0.244 e. The molecule has 1 amide bonds. The summed E-state index contributed by atoms with van der Waals surface area (Å²) in [4.78, 5) is 14.2. The number of hydrogen-bond acceptors (Lipinski definition) is 3. The summed E-state index contributed by atoms with van der Waals surface area (Å²) in [5.74, 6) is -0.0693. The second kappa shape index (κ2) is 7.97. The molecule has 0 radical (unpaired) electrons. The number of hydrogen-bond donors (Lipinski definition) is 1. The molecule has 0 fully saturated rings. The van der Waals surface area contributed by atoms with Crippen LogP contribution in [0.2, 0.25) is 0 Å². The minimum absolute atomic E-state index is 0.0693. The van der Waals surface area contributed by atoms with Gasteiger partial charge in [-0.1, -0.05) is 30.3 Å². The van der Waals surface area contributed by atoms with Gasteiger partial charge in [0.1, 0.15) is 0 Å². The lowest BCUT2D eigenvalue weighted by Crippen LogP contribution is -2.21. The van der Waals surface area contributed by atoms with Crippen LogP contribution in [0, 0.1) is 0 Å². The fraction of sp³-hybridized carbons (Fsp3) is 0.333. The van der Waals surface area contributed by atoms with E-state index in [4.69, 9.17) is 0 Å². The van der Waals surface area contributed by atoms with Crippen molar-refractivity contribution in [3.8, 4) is 0 Å². The number of fused-ring (bicyclic) bond motifs is 1. The zero-order valence-electron chi connectivity index (χ0n) is 15.0. The van der Waals surface area contributed by atoms with Gasteiger partial charge in [-0.3, -0.25) is 4.79 Å². The Morgan fingerprint density at radius 2 is 1.88 bits per heavy atom. The first-order valence-corrected chi connectivity index (χ1v) is 8.82. The van der Waals surface area contributed by atoms with E-state index in [1.165, 1.54) is 24.0 Å². The van der Waals surface area contributed by atoms with Gasteiger partial charge in [0.25, 0.3) is 0 Å². The minimum Gasteiger partial charge on any atom is -0.378 e. The van der Waals surface area contributed by atoms with Crippen molar-refractivity contribution >= 4 is 17.8 Å². The number of nitrogens with one attached hydrogen (secondary N) is 1. The first-order chi connectivity index (χ1) is 12.1. The SMILES string of the molecule is CN(C)c1ccc(/C=N/NC(=O)Cc2cccc3c2CCCC3)cc1. The Kier molecular flexibility index (Phi) is 5.49. The van der Waals surface area contributed by atoms with Crippen molar-refractivity contribution in [3.05, 3.63) is 64.7 Å². The highest BCUT2D eigenvalue weighted by molar-refractivity contribution is 5.83. The number of nitrogens with zero attached hydrogens (tertiary/aromatic N) is 2. The molecule has 0 heterocycles. The molecular formula is C21H25N3O. The predicted octanol–water partition coefficient (Wildman–Crippen LogP) is 3.32. The summed E-state index contributed by atoms with van der Waals surface area (Å²) in [6.45, 7) is 0. The van der Waals surface area contributed by atoms with Crippen molar-refractivity contribution < 1.29 is 4.79 Å². The maximum absolute atomic E-state index is 12.2. The third kappa shape index (κ3) is 4.47. The average molecular weight is 335 g/mol. The molecule has 1 N–H and O–H groups in total. The monoisotopic (exact) mass is 335 g/mol. The molecule has 4 heteroatoms. The first kappa shape index (κ1) is 17.2. The van der Waals surface area contributed by atoms with Crippen LogP contribution in [0.4, 0.5) is 5.69 Å². The first-order valence-electron chi connectivity index (χ1n) is 8.82. The largest absolute Gasteiger partial charge is 0.378 e. The maximum Gasteiger partial charge on any atom is 0.244 e. The van der Waals surface area contributed by atoms with Crippen LogP contribution in [-0.2, 0) is 24.1 Å². The van der Waals surface area contributed by atoms with Crippen molar-refractivity contribution in [2.24, 2.45) is 5.10 Å². The van der Waals surface area contributed by atoms with Crippen LogP contribution in [0.5, 0.6) is 0 Å². The summed E-state index contributed by atoms with van der Waals surface area (Å²) in [5, 5.41) is 4.09. The lowest BCUT2D eigenvalue weighted by molar-refractivity contribution is -0.120. The molecule has 0 atom stereocenters.